The van der Waals surface area contributed by atoms with Crippen molar-refractivity contribution in [1.82, 2.24) is 0 Å². The summed E-state index contributed by atoms with van der Waals surface area (Å²) < 4.78 is 10.3. The zero-order valence-corrected chi connectivity index (χ0v) is 13.0. The minimum Gasteiger partial charge on any atom is -0.496 e. The molecule has 0 amide bonds. The van der Waals surface area contributed by atoms with Gasteiger partial charge in [-0.25, -0.2) is 0 Å². The molecule has 0 atom stereocenters. The standard InChI is InChI=1S/C16H24O3/c1-15(2,3)11-8-9-13(18-6)12(10-11)16(4,5)14(17)19-7/h8-10H,1-7H3. The quantitative estimate of drug-likeness (QED) is 0.784. The van der Waals surface area contributed by atoms with Crippen molar-refractivity contribution in [3.8, 4) is 5.75 Å². The molecule has 3 heteroatoms. The second-order valence-electron chi connectivity index (χ2n) is 6.28. The summed E-state index contributed by atoms with van der Waals surface area (Å²) in [6.45, 7) is 10.1. The molecular weight excluding hydrogens is 240 g/mol. The third-order valence-corrected chi connectivity index (χ3v) is 3.43. The second-order valence-corrected chi connectivity index (χ2v) is 6.28. The van der Waals surface area contributed by atoms with Crippen LogP contribution in [-0.2, 0) is 20.4 Å². The van der Waals surface area contributed by atoms with Crippen LogP contribution in [0.3, 0.4) is 0 Å². The van der Waals surface area contributed by atoms with Crippen LogP contribution in [0.1, 0.15) is 45.7 Å². The lowest BCUT2D eigenvalue weighted by Crippen LogP contribution is -2.31. The van der Waals surface area contributed by atoms with E-state index >= 15 is 0 Å². The third-order valence-electron chi connectivity index (χ3n) is 3.43. The molecule has 0 fully saturated rings. The summed E-state index contributed by atoms with van der Waals surface area (Å²) in [6.07, 6.45) is 0. The van der Waals surface area contributed by atoms with E-state index in [4.69, 9.17) is 9.47 Å². The molecule has 3 nitrogen and oxygen atoms in total. The van der Waals surface area contributed by atoms with Gasteiger partial charge in [-0.2, -0.15) is 0 Å². The first-order valence-corrected chi connectivity index (χ1v) is 6.42. The minimum absolute atomic E-state index is 0.0211. The Morgan fingerprint density at radius 2 is 1.63 bits per heavy atom. The molecule has 0 N–H and O–H groups in total. The molecular formula is C16H24O3. The molecule has 0 aliphatic carbocycles. The number of hydrogen-bond acceptors (Lipinski definition) is 3. The first-order valence-electron chi connectivity index (χ1n) is 6.42. The normalized spacial score (nSPS) is 12.2. The first kappa shape index (κ1) is 15.5. The number of methoxy groups -OCH3 is 2. The highest BCUT2D eigenvalue weighted by molar-refractivity contribution is 5.83. The van der Waals surface area contributed by atoms with Gasteiger partial charge in [0.15, 0.2) is 0 Å². The number of ether oxygens (including phenoxy) is 2. The number of rotatable bonds is 3. The molecule has 0 saturated heterocycles. The highest BCUT2D eigenvalue weighted by atomic mass is 16.5. The summed E-state index contributed by atoms with van der Waals surface area (Å²) in [6, 6.07) is 5.99. The Morgan fingerprint density at radius 3 is 2.05 bits per heavy atom. The Bertz CT molecular complexity index is 467. The van der Waals surface area contributed by atoms with Gasteiger partial charge < -0.3 is 9.47 Å². The number of benzene rings is 1. The van der Waals surface area contributed by atoms with Crippen molar-refractivity contribution >= 4 is 5.97 Å². The van der Waals surface area contributed by atoms with Gasteiger partial charge in [0.1, 0.15) is 5.75 Å². The van der Waals surface area contributed by atoms with Crippen LogP contribution in [0.4, 0.5) is 0 Å². The van der Waals surface area contributed by atoms with Crippen LogP contribution in [0.25, 0.3) is 0 Å². The summed E-state index contributed by atoms with van der Waals surface area (Å²) in [7, 11) is 3.02. The molecule has 0 radical (unpaired) electrons. The molecule has 0 aromatic heterocycles. The van der Waals surface area contributed by atoms with Gasteiger partial charge >= 0.3 is 5.97 Å². The van der Waals surface area contributed by atoms with E-state index in [1.807, 2.05) is 32.0 Å². The Morgan fingerprint density at radius 1 is 1.05 bits per heavy atom. The van der Waals surface area contributed by atoms with Crippen LogP contribution >= 0.6 is 0 Å². The topological polar surface area (TPSA) is 35.5 Å². The lowest BCUT2D eigenvalue weighted by atomic mass is 9.79. The molecule has 19 heavy (non-hydrogen) atoms. The predicted octanol–water partition coefficient (Wildman–Crippen LogP) is 3.44. The van der Waals surface area contributed by atoms with Crippen molar-refractivity contribution in [2.45, 2.75) is 45.4 Å². The Labute approximate surface area is 115 Å². The molecule has 0 heterocycles. The SMILES string of the molecule is COC(=O)C(C)(C)c1cc(C(C)(C)C)ccc1OC. The average molecular weight is 264 g/mol. The summed E-state index contributed by atoms with van der Waals surface area (Å²) in [5.74, 6) is 0.445. The zero-order valence-electron chi connectivity index (χ0n) is 13.0. The molecule has 0 aliphatic heterocycles. The van der Waals surface area contributed by atoms with Gasteiger partial charge in [0.05, 0.1) is 19.6 Å². The fourth-order valence-corrected chi connectivity index (χ4v) is 2.03. The Hall–Kier alpha value is -1.51. The zero-order chi connectivity index (χ0) is 14.8. The van der Waals surface area contributed by atoms with E-state index < -0.39 is 5.41 Å². The van der Waals surface area contributed by atoms with Crippen molar-refractivity contribution in [3.05, 3.63) is 29.3 Å². The number of hydrogen-bond donors (Lipinski definition) is 0. The van der Waals surface area contributed by atoms with Gasteiger partial charge in [-0.05, 0) is 30.9 Å². The summed E-state index contributed by atoms with van der Waals surface area (Å²) in [4.78, 5) is 12.0. The van der Waals surface area contributed by atoms with Crippen molar-refractivity contribution in [2.75, 3.05) is 14.2 Å². The van der Waals surface area contributed by atoms with Crippen LogP contribution in [0.5, 0.6) is 5.75 Å². The van der Waals surface area contributed by atoms with Crippen molar-refractivity contribution in [3.63, 3.8) is 0 Å². The summed E-state index contributed by atoms with van der Waals surface area (Å²) in [5.41, 5.74) is 1.31. The van der Waals surface area contributed by atoms with E-state index in [0.29, 0.717) is 5.75 Å². The number of carbonyl (C=O) groups excluding carboxylic acids is 1. The Kier molecular flexibility index (Phi) is 4.28. The Balaban J connectivity index is 3.43. The maximum absolute atomic E-state index is 12.0. The van der Waals surface area contributed by atoms with Gasteiger partial charge in [-0.3, -0.25) is 4.79 Å². The minimum atomic E-state index is -0.735. The smallest absolute Gasteiger partial charge is 0.315 e. The maximum Gasteiger partial charge on any atom is 0.315 e. The van der Waals surface area contributed by atoms with Gasteiger partial charge in [-0.1, -0.05) is 32.9 Å². The van der Waals surface area contributed by atoms with Crippen LogP contribution in [0, 0.1) is 0 Å². The van der Waals surface area contributed by atoms with E-state index in [-0.39, 0.29) is 11.4 Å². The summed E-state index contributed by atoms with van der Waals surface area (Å²) >= 11 is 0. The second kappa shape index (κ2) is 5.24. The van der Waals surface area contributed by atoms with Crippen LogP contribution in [0.2, 0.25) is 0 Å². The summed E-state index contributed by atoms with van der Waals surface area (Å²) in [5, 5.41) is 0. The van der Waals surface area contributed by atoms with E-state index in [0.717, 1.165) is 5.56 Å². The fraction of sp³-hybridized carbons (Fsp3) is 0.562. The van der Waals surface area contributed by atoms with Gasteiger partial charge in [0.25, 0.3) is 0 Å². The van der Waals surface area contributed by atoms with Gasteiger partial charge in [0, 0.05) is 5.56 Å². The van der Waals surface area contributed by atoms with Crippen molar-refractivity contribution in [2.24, 2.45) is 0 Å². The van der Waals surface area contributed by atoms with Crippen molar-refractivity contribution < 1.29 is 14.3 Å². The van der Waals surface area contributed by atoms with Crippen LogP contribution in [0.15, 0.2) is 18.2 Å². The first-order chi connectivity index (χ1) is 8.64. The molecule has 0 unspecified atom stereocenters. The molecule has 1 rings (SSSR count). The molecule has 0 saturated carbocycles. The van der Waals surface area contributed by atoms with E-state index in [1.54, 1.807) is 7.11 Å². The van der Waals surface area contributed by atoms with E-state index in [9.17, 15) is 4.79 Å². The van der Waals surface area contributed by atoms with Gasteiger partial charge in [-0.15, -0.1) is 0 Å². The maximum atomic E-state index is 12.0. The number of carbonyl (C=O) groups is 1. The molecule has 106 valence electrons. The molecule has 1 aromatic carbocycles. The number of esters is 1. The largest absolute Gasteiger partial charge is 0.496 e. The predicted molar refractivity (Wildman–Crippen MR) is 76.7 cm³/mol. The van der Waals surface area contributed by atoms with Gasteiger partial charge in [0.2, 0.25) is 0 Å². The highest BCUT2D eigenvalue weighted by Crippen LogP contribution is 2.36. The van der Waals surface area contributed by atoms with E-state index in [1.165, 1.54) is 12.7 Å². The highest BCUT2D eigenvalue weighted by Gasteiger charge is 2.34. The molecule has 0 bridgehead atoms. The molecule has 0 spiro atoms. The van der Waals surface area contributed by atoms with Crippen LogP contribution < -0.4 is 4.74 Å². The van der Waals surface area contributed by atoms with Crippen LogP contribution in [-0.4, -0.2) is 20.2 Å². The monoisotopic (exact) mass is 264 g/mol. The fourth-order valence-electron chi connectivity index (χ4n) is 2.03. The lowest BCUT2D eigenvalue weighted by molar-refractivity contribution is -0.146. The average Bonchev–Trinajstić information content (AvgIpc) is 2.35. The lowest BCUT2D eigenvalue weighted by Gasteiger charge is -2.27. The van der Waals surface area contributed by atoms with Crippen molar-refractivity contribution in [1.29, 1.82) is 0 Å². The van der Waals surface area contributed by atoms with E-state index in [2.05, 4.69) is 20.8 Å². The third kappa shape index (κ3) is 3.09. The molecule has 1 aromatic rings. The molecule has 0 aliphatic rings.